The predicted octanol–water partition coefficient (Wildman–Crippen LogP) is 3.15. The van der Waals surface area contributed by atoms with E-state index in [1.54, 1.807) is 0 Å². The normalized spacial score (nSPS) is 10.8. The Kier molecular flexibility index (Phi) is 4.69. The smallest absolute Gasteiger partial charge is 0.134 e. The van der Waals surface area contributed by atoms with Crippen molar-refractivity contribution in [3.63, 3.8) is 0 Å². The molecule has 0 bridgehead atoms. The third kappa shape index (κ3) is 3.78. The number of benzene rings is 1. The van der Waals surface area contributed by atoms with E-state index >= 15 is 0 Å². The molecule has 0 amide bonds. The molecule has 1 aromatic heterocycles. The van der Waals surface area contributed by atoms with E-state index in [-0.39, 0.29) is 0 Å². The summed E-state index contributed by atoms with van der Waals surface area (Å²) in [6, 6.07) is 10.2. The van der Waals surface area contributed by atoms with Crippen molar-refractivity contribution in [3.8, 4) is 0 Å². The molecule has 2 aromatic rings. The number of aromatic nitrogens is 2. The van der Waals surface area contributed by atoms with Crippen LogP contribution in [0, 0.1) is 6.92 Å². The number of nitrogens with one attached hydrogen (secondary N) is 1. The number of aryl methyl sites for hydroxylation is 1. The van der Waals surface area contributed by atoms with E-state index in [9.17, 15) is 0 Å². The molecular formula is C16H22N4. The first-order chi connectivity index (χ1) is 9.58. The molecule has 0 radical (unpaired) electrons. The summed E-state index contributed by atoms with van der Waals surface area (Å²) in [6.45, 7) is 6.86. The van der Waals surface area contributed by atoms with Crippen molar-refractivity contribution in [1.82, 2.24) is 9.97 Å². The summed E-state index contributed by atoms with van der Waals surface area (Å²) in [4.78, 5) is 8.99. The first-order valence-corrected chi connectivity index (χ1v) is 7.00. The van der Waals surface area contributed by atoms with Crippen LogP contribution in [0.15, 0.2) is 30.3 Å². The van der Waals surface area contributed by atoms with E-state index in [1.807, 2.05) is 13.0 Å². The number of hydrogen-bond acceptors (Lipinski definition) is 4. The Hall–Kier alpha value is -1.94. The Morgan fingerprint density at radius 3 is 2.45 bits per heavy atom. The van der Waals surface area contributed by atoms with Gasteiger partial charge in [-0.15, -0.1) is 0 Å². The first-order valence-electron chi connectivity index (χ1n) is 7.00. The Bertz CT molecular complexity index is 561. The maximum absolute atomic E-state index is 5.55. The number of nitrogens with two attached hydrogens (primary N) is 1. The van der Waals surface area contributed by atoms with Gasteiger partial charge in [-0.2, -0.15) is 0 Å². The molecule has 0 aliphatic heterocycles. The van der Waals surface area contributed by atoms with Gasteiger partial charge in [0.05, 0.1) is 0 Å². The minimum absolute atomic E-state index is 0.322. The molecule has 0 spiro atoms. The Morgan fingerprint density at radius 1 is 1.15 bits per heavy atom. The van der Waals surface area contributed by atoms with Gasteiger partial charge in [0, 0.05) is 23.4 Å². The summed E-state index contributed by atoms with van der Waals surface area (Å²) in [5, 5.41) is 3.33. The zero-order chi connectivity index (χ0) is 14.5. The van der Waals surface area contributed by atoms with Gasteiger partial charge in [0.1, 0.15) is 11.6 Å². The highest BCUT2D eigenvalue weighted by atomic mass is 15.0. The monoisotopic (exact) mass is 270 g/mol. The van der Waals surface area contributed by atoms with Crippen molar-refractivity contribution in [3.05, 3.63) is 47.4 Å². The van der Waals surface area contributed by atoms with E-state index < -0.39 is 0 Å². The van der Waals surface area contributed by atoms with Gasteiger partial charge in [-0.1, -0.05) is 26.0 Å². The number of anilines is 2. The lowest BCUT2D eigenvalue weighted by Gasteiger charge is -2.10. The largest absolute Gasteiger partial charge is 0.340 e. The summed E-state index contributed by atoms with van der Waals surface area (Å²) in [5.41, 5.74) is 8.81. The molecule has 0 aliphatic carbocycles. The lowest BCUT2D eigenvalue weighted by atomic mass is 10.1. The standard InChI is InChI=1S/C16H22N4/c1-11(2)16-18-12(3)10-15(20-16)19-14-6-4-13(5-7-14)8-9-17/h4-7,10-11H,8-9,17H2,1-3H3,(H,18,19,20). The highest BCUT2D eigenvalue weighted by Gasteiger charge is 2.06. The van der Waals surface area contributed by atoms with Crippen molar-refractivity contribution in [2.45, 2.75) is 33.1 Å². The van der Waals surface area contributed by atoms with E-state index in [1.165, 1.54) is 5.56 Å². The molecule has 1 heterocycles. The molecule has 0 saturated carbocycles. The topological polar surface area (TPSA) is 63.8 Å². The second kappa shape index (κ2) is 6.48. The molecule has 4 heteroatoms. The fourth-order valence-electron chi connectivity index (χ4n) is 1.98. The van der Waals surface area contributed by atoms with Gasteiger partial charge in [-0.25, -0.2) is 9.97 Å². The van der Waals surface area contributed by atoms with Crippen LogP contribution in [0.3, 0.4) is 0 Å². The maximum atomic E-state index is 5.55. The second-order valence-corrected chi connectivity index (χ2v) is 5.27. The van der Waals surface area contributed by atoms with Crippen LogP contribution in [-0.2, 0) is 6.42 Å². The van der Waals surface area contributed by atoms with Crippen LogP contribution in [0.2, 0.25) is 0 Å². The predicted molar refractivity (Wildman–Crippen MR) is 83.3 cm³/mol. The molecule has 3 N–H and O–H groups in total. The van der Waals surface area contributed by atoms with E-state index in [0.29, 0.717) is 12.5 Å². The minimum Gasteiger partial charge on any atom is -0.340 e. The van der Waals surface area contributed by atoms with Gasteiger partial charge in [-0.05, 0) is 37.6 Å². The van der Waals surface area contributed by atoms with Gasteiger partial charge < -0.3 is 11.1 Å². The molecular weight excluding hydrogens is 248 g/mol. The molecule has 2 rings (SSSR count). The van der Waals surface area contributed by atoms with Crippen LogP contribution in [0.4, 0.5) is 11.5 Å². The van der Waals surface area contributed by atoms with Gasteiger partial charge in [-0.3, -0.25) is 0 Å². The zero-order valence-corrected chi connectivity index (χ0v) is 12.4. The average molecular weight is 270 g/mol. The molecule has 0 aliphatic rings. The van der Waals surface area contributed by atoms with Crippen LogP contribution < -0.4 is 11.1 Å². The summed E-state index contributed by atoms with van der Waals surface area (Å²) < 4.78 is 0. The van der Waals surface area contributed by atoms with Crippen molar-refractivity contribution in [2.75, 3.05) is 11.9 Å². The third-order valence-electron chi connectivity index (χ3n) is 3.05. The third-order valence-corrected chi connectivity index (χ3v) is 3.05. The number of rotatable bonds is 5. The maximum Gasteiger partial charge on any atom is 0.134 e. The highest BCUT2D eigenvalue weighted by molar-refractivity contribution is 5.56. The first kappa shape index (κ1) is 14.5. The van der Waals surface area contributed by atoms with Crippen LogP contribution in [0.25, 0.3) is 0 Å². The molecule has 106 valence electrons. The second-order valence-electron chi connectivity index (χ2n) is 5.27. The molecule has 4 nitrogen and oxygen atoms in total. The minimum atomic E-state index is 0.322. The SMILES string of the molecule is Cc1cc(Nc2ccc(CCN)cc2)nc(C(C)C)n1. The Morgan fingerprint density at radius 2 is 1.85 bits per heavy atom. The quantitative estimate of drug-likeness (QED) is 0.876. The summed E-state index contributed by atoms with van der Waals surface area (Å²) in [6.07, 6.45) is 0.907. The van der Waals surface area contributed by atoms with E-state index in [0.717, 1.165) is 29.4 Å². The molecule has 0 unspecified atom stereocenters. The molecule has 0 saturated heterocycles. The molecule has 20 heavy (non-hydrogen) atoms. The Balaban J connectivity index is 2.16. The fraction of sp³-hybridized carbons (Fsp3) is 0.375. The van der Waals surface area contributed by atoms with Crippen molar-refractivity contribution < 1.29 is 0 Å². The van der Waals surface area contributed by atoms with Gasteiger partial charge in [0.2, 0.25) is 0 Å². The lowest BCUT2D eigenvalue weighted by Crippen LogP contribution is -2.04. The molecule has 0 fully saturated rings. The molecule has 1 aromatic carbocycles. The number of nitrogens with zero attached hydrogens (tertiary/aromatic N) is 2. The number of hydrogen-bond donors (Lipinski definition) is 2. The molecule has 0 atom stereocenters. The van der Waals surface area contributed by atoms with Crippen molar-refractivity contribution >= 4 is 11.5 Å². The van der Waals surface area contributed by atoms with Crippen LogP contribution in [-0.4, -0.2) is 16.5 Å². The van der Waals surface area contributed by atoms with Crippen molar-refractivity contribution in [1.29, 1.82) is 0 Å². The van der Waals surface area contributed by atoms with E-state index in [4.69, 9.17) is 5.73 Å². The van der Waals surface area contributed by atoms with Crippen molar-refractivity contribution in [2.24, 2.45) is 5.73 Å². The van der Waals surface area contributed by atoms with Crippen LogP contribution in [0.5, 0.6) is 0 Å². The van der Waals surface area contributed by atoms with Gasteiger partial charge in [0.15, 0.2) is 0 Å². The zero-order valence-electron chi connectivity index (χ0n) is 12.4. The summed E-state index contributed by atoms with van der Waals surface area (Å²) in [7, 11) is 0. The highest BCUT2D eigenvalue weighted by Crippen LogP contribution is 2.18. The van der Waals surface area contributed by atoms with Crippen LogP contribution in [0.1, 0.15) is 36.8 Å². The summed E-state index contributed by atoms with van der Waals surface area (Å²) >= 11 is 0. The van der Waals surface area contributed by atoms with Gasteiger partial charge >= 0.3 is 0 Å². The fourth-order valence-corrected chi connectivity index (χ4v) is 1.98. The van der Waals surface area contributed by atoms with Crippen LogP contribution >= 0.6 is 0 Å². The average Bonchev–Trinajstić information content (AvgIpc) is 2.40. The Labute approximate surface area is 120 Å². The van der Waals surface area contributed by atoms with E-state index in [2.05, 4.69) is 53.4 Å². The lowest BCUT2D eigenvalue weighted by molar-refractivity contribution is 0.768. The van der Waals surface area contributed by atoms with Gasteiger partial charge in [0.25, 0.3) is 0 Å². The summed E-state index contributed by atoms with van der Waals surface area (Å²) in [5.74, 6) is 2.03.